The molecule has 24 heavy (non-hydrogen) atoms. The number of rotatable bonds is 7. The minimum atomic E-state index is -1.09. The second-order valence-corrected chi connectivity index (χ2v) is 5.27. The summed E-state index contributed by atoms with van der Waals surface area (Å²) in [7, 11) is 0. The van der Waals surface area contributed by atoms with E-state index in [4.69, 9.17) is 15.6 Å². The SMILES string of the molecule is N[C@@H](Cc1ccc(OC(=O)C(=O)Cc2ccccc2)cc1)C(=O)O. The first-order valence-corrected chi connectivity index (χ1v) is 7.32. The number of hydrogen-bond donors (Lipinski definition) is 2. The minimum Gasteiger partial charge on any atom is -0.480 e. The summed E-state index contributed by atoms with van der Waals surface area (Å²) in [6.45, 7) is 0. The van der Waals surface area contributed by atoms with Gasteiger partial charge in [0.25, 0.3) is 0 Å². The summed E-state index contributed by atoms with van der Waals surface area (Å²) in [6, 6.07) is 14.1. The van der Waals surface area contributed by atoms with Crippen LogP contribution in [0, 0.1) is 0 Å². The lowest BCUT2D eigenvalue weighted by molar-refractivity contribution is -0.146. The molecule has 0 unspecified atom stereocenters. The average Bonchev–Trinajstić information content (AvgIpc) is 2.57. The fourth-order valence-electron chi connectivity index (χ4n) is 2.05. The molecule has 6 nitrogen and oxygen atoms in total. The number of carbonyl (C=O) groups is 3. The van der Waals surface area contributed by atoms with Crippen LogP contribution in [-0.4, -0.2) is 28.9 Å². The smallest absolute Gasteiger partial charge is 0.380 e. The van der Waals surface area contributed by atoms with Gasteiger partial charge in [0.1, 0.15) is 11.8 Å². The molecule has 0 saturated heterocycles. The summed E-state index contributed by atoms with van der Waals surface area (Å²) >= 11 is 0. The van der Waals surface area contributed by atoms with Crippen molar-refractivity contribution in [2.45, 2.75) is 18.9 Å². The number of carboxylic acid groups (broad SMARTS) is 1. The van der Waals surface area contributed by atoms with Gasteiger partial charge in [-0.1, -0.05) is 42.5 Å². The number of aliphatic carboxylic acids is 1. The predicted octanol–water partition coefficient (Wildman–Crippen LogP) is 1.36. The van der Waals surface area contributed by atoms with E-state index in [1.54, 1.807) is 36.4 Å². The van der Waals surface area contributed by atoms with Crippen molar-refractivity contribution in [1.29, 1.82) is 0 Å². The van der Waals surface area contributed by atoms with E-state index in [1.165, 1.54) is 12.1 Å². The number of esters is 1. The first-order chi connectivity index (χ1) is 11.5. The molecule has 2 rings (SSSR count). The van der Waals surface area contributed by atoms with Crippen molar-refractivity contribution in [3.8, 4) is 5.75 Å². The van der Waals surface area contributed by atoms with Crippen LogP contribution in [0.1, 0.15) is 11.1 Å². The van der Waals surface area contributed by atoms with E-state index in [1.807, 2.05) is 6.07 Å². The summed E-state index contributed by atoms with van der Waals surface area (Å²) < 4.78 is 5.02. The highest BCUT2D eigenvalue weighted by atomic mass is 16.5. The number of benzene rings is 2. The predicted molar refractivity (Wildman–Crippen MR) is 86.5 cm³/mol. The van der Waals surface area contributed by atoms with Crippen LogP contribution in [-0.2, 0) is 27.2 Å². The van der Waals surface area contributed by atoms with Gasteiger partial charge >= 0.3 is 11.9 Å². The summed E-state index contributed by atoms with van der Waals surface area (Å²) in [5, 5.41) is 8.77. The molecule has 0 aliphatic carbocycles. The Bertz CT molecular complexity index is 725. The molecule has 0 saturated carbocycles. The second-order valence-electron chi connectivity index (χ2n) is 5.27. The molecule has 0 heterocycles. The van der Waals surface area contributed by atoms with Crippen LogP contribution in [0.2, 0.25) is 0 Å². The summed E-state index contributed by atoms with van der Waals surface area (Å²) in [5.74, 6) is -2.45. The fraction of sp³-hybridized carbons (Fsp3) is 0.167. The topological polar surface area (TPSA) is 107 Å². The van der Waals surface area contributed by atoms with Crippen LogP contribution in [0.4, 0.5) is 0 Å². The number of Topliss-reactive ketones (excluding diaryl/α,β-unsaturated/α-hetero) is 1. The summed E-state index contributed by atoms with van der Waals surface area (Å²) in [4.78, 5) is 34.4. The van der Waals surface area contributed by atoms with Crippen LogP contribution in [0.25, 0.3) is 0 Å². The van der Waals surface area contributed by atoms with Crippen LogP contribution in [0.3, 0.4) is 0 Å². The molecule has 2 aromatic carbocycles. The normalized spacial score (nSPS) is 11.5. The van der Waals surface area contributed by atoms with Gasteiger partial charge in [-0.3, -0.25) is 9.59 Å². The van der Waals surface area contributed by atoms with Crippen molar-refractivity contribution < 1.29 is 24.2 Å². The Labute approximate surface area is 138 Å². The Morgan fingerprint density at radius 3 is 2.17 bits per heavy atom. The van der Waals surface area contributed by atoms with Gasteiger partial charge in [0.2, 0.25) is 5.78 Å². The molecule has 6 heteroatoms. The second kappa shape index (κ2) is 8.03. The lowest BCUT2D eigenvalue weighted by Gasteiger charge is -2.08. The van der Waals surface area contributed by atoms with Gasteiger partial charge in [-0.05, 0) is 29.7 Å². The van der Waals surface area contributed by atoms with Crippen molar-refractivity contribution in [2.24, 2.45) is 5.73 Å². The highest BCUT2D eigenvalue weighted by Crippen LogP contribution is 2.14. The number of hydrogen-bond acceptors (Lipinski definition) is 5. The monoisotopic (exact) mass is 327 g/mol. The van der Waals surface area contributed by atoms with E-state index in [-0.39, 0.29) is 18.6 Å². The third-order valence-corrected chi connectivity index (χ3v) is 3.34. The zero-order valence-corrected chi connectivity index (χ0v) is 12.8. The number of ether oxygens (including phenoxy) is 1. The number of nitrogens with two attached hydrogens (primary N) is 1. The fourth-order valence-corrected chi connectivity index (χ4v) is 2.05. The highest BCUT2D eigenvalue weighted by Gasteiger charge is 2.17. The molecule has 0 fully saturated rings. The largest absolute Gasteiger partial charge is 0.480 e. The first-order valence-electron chi connectivity index (χ1n) is 7.32. The number of carbonyl (C=O) groups excluding carboxylic acids is 2. The van der Waals surface area contributed by atoms with Crippen molar-refractivity contribution >= 4 is 17.7 Å². The molecule has 0 aliphatic rings. The zero-order valence-electron chi connectivity index (χ0n) is 12.8. The molecule has 0 aliphatic heterocycles. The maximum Gasteiger partial charge on any atom is 0.380 e. The molecule has 3 N–H and O–H groups in total. The third kappa shape index (κ3) is 5.03. The molecule has 0 radical (unpaired) electrons. The van der Waals surface area contributed by atoms with E-state index in [0.29, 0.717) is 5.56 Å². The van der Waals surface area contributed by atoms with Crippen molar-refractivity contribution in [3.63, 3.8) is 0 Å². The van der Waals surface area contributed by atoms with E-state index in [0.717, 1.165) is 5.56 Å². The van der Waals surface area contributed by atoms with Gasteiger partial charge in [0, 0.05) is 6.42 Å². The third-order valence-electron chi connectivity index (χ3n) is 3.34. The Hall–Kier alpha value is -2.99. The first kappa shape index (κ1) is 17.4. The van der Waals surface area contributed by atoms with Gasteiger partial charge in [-0.2, -0.15) is 0 Å². The number of ketones is 1. The van der Waals surface area contributed by atoms with Gasteiger partial charge in [0.15, 0.2) is 0 Å². The molecule has 124 valence electrons. The van der Waals surface area contributed by atoms with Crippen LogP contribution in [0.15, 0.2) is 54.6 Å². The summed E-state index contributed by atoms with van der Waals surface area (Å²) in [6.07, 6.45) is 0.141. The Morgan fingerprint density at radius 2 is 1.58 bits per heavy atom. The molecule has 0 aromatic heterocycles. The molecule has 1 atom stereocenters. The van der Waals surface area contributed by atoms with Gasteiger partial charge in [0.05, 0.1) is 0 Å². The number of carboxylic acids is 1. The standard InChI is InChI=1S/C18H17NO5/c19-15(17(21)22)10-13-6-8-14(9-7-13)24-18(23)16(20)11-12-4-2-1-3-5-12/h1-9,15H,10-11,19H2,(H,21,22)/t15-/m0/s1. The molecular formula is C18H17NO5. The van der Waals surface area contributed by atoms with E-state index in [9.17, 15) is 14.4 Å². The Balaban J connectivity index is 1.92. The van der Waals surface area contributed by atoms with Crippen molar-refractivity contribution in [1.82, 2.24) is 0 Å². The van der Waals surface area contributed by atoms with Crippen LogP contribution < -0.4 is 10.5 Å². The lowest BCUT2D eigenvalue weighted by Crippen LogP contribution is -2.32. The van der Waals surface area contributed by atoms with E-state index < -0.39 is 23.8 Å². The van der Waals surface area contributed by atoms with Crippen LogP contribution in [0.5, 0.6) is 5.75 Å². The van der Waals surface area contributed by atoms with E-state index in [2.05, 4.69) is 0 Å². The quantitative estimate of drug-likeness (QED) is 0.452. The maximum atomic E-state index is 11.8. The molecule has 2 aromatic rings. The van der Waals surface area contributed by atoms with E-state index >= 15 is 0 Å². The highest BCUT2D eigenvalue weighted by molar-refractivity contribution is 6.34. The van der Waals surface area contributed by atoms with Gasteiger partial charge in [-0.25, -0.2) is 4.79 Å². The van der Waals surface area contributed by atoms with Crippen molar-refractivity contribution in [2.75, 3.05) is 0 Å². The average molecular weight is 327 g/mol. The van der Waals surface area contributed by atoms with Crippen molar-refractivity contribution in [3.05, 3.63) is 65.7 Å². The van der Waals surface area contributed by atoms with Gasteiger partial charge in [-0.15, -0.1) is 0 Å². The zero-order chi connectivity index (χ0) is 17.5. The van der Waals surface area contributed by atoms with Crippen LogP contribution >= 0.6 is 0 Å². The molecule has 0 bridgehead atoms. The molecule has 0 amide bonds. The Morgan fingerprint density at radius 1 is 0.958 bits per heavy atom. The Kier molecular flexibility index (Phi) is 5.81. The maximum absolute atomic E-state index is 11.8. The van der Waals surface area contributed by atoms with Gasteiger partial charge < -0.3 is 15.6 Å². The molecular weight excluding hydrogens is 310 g/mol. The lowest BCUT2D eigenvalue weighted by atomic mass is 10.1. The summed E-state index contributed by atoms with van der Waals surface area (Å²) in [5.41, 5.74) is 6.88. The molecule has 0 spiro atoms. The minimum absolute atomic E-state index is 0.0226.